The molecule has 0 aliphatic rings. The van der Waals surface area contributed by atoms with Gasteiger partial charge in [-0.25, -0.2) is 19.6 Å². The van der Waals surface area contributed by atoms with Crippen molar-refractivity contribution in [1.82, 2.24) is 9.97 Å². The summed E-state index contributed by atoms with van der Waals surface area (Å²) in [6, 6.07) is 21.2. The predicted molar refractivity (Wildman–Crippen MR) is 184 cm³/mol. The van der Waals surface area contributed by atoms with Crippen LogP contribution in [-0.4, -0.2) is 113 Å². The standard InChI is InChI=1S/C36H42N4O8/c1-45-21-17-39(18-22-46-2)33-31(27-9-5-25(6-10-27)26-7-13-29(14-8-26)35(41)42)37-34(40(19-23-47-3)20-24-48-4)32(38-33)28-11-15-30(16-12-28)36(43)44/h5-16H,17-24H2,1-4H3,(H,41,42)(H,43,44). The van der Waals surface area contributed by atoms with Crippen molar-refractivity contribution in [1.29, 1.82) is 0 Å². The smallest absolute Gasteiger partial charge is 0.335 e. The molecule has 254 valence electrons. The van der Waals surface area contributed by atoms with Crippen molar-refractivity contribution in [2.45, 2.75) is 0 Å². The van der Waals surface area contributed by atoms with Crippen molar-refractivity contribution < 1.29 is 38.7 Å². The summed E-state index contributed by atoms with van der Waals surface area (Å²) in [5, 5.41) is 18.8. The van der Waals surface area contributed by atoms with E-state index in [9.17, 15) is 19.8 Å². The fourth-order valence-corrected chi connectivity index (χ4v) is 5.10. The molecule has 0 aliphatic heterocycles. The van der Waals surface area contributed by atoms with Gasteiger partial charge < -0.3 is 39.0 Å². The summed E-state index contributed by atoms with van der Waals surface area (Å²) in [6.45, 7) is 3.80. The van der Waals surface area contributed by atoms with E-state index in [1.54, 1.807) is 77.0 Å². The number of carbonyl (C=O) groups is 2. The molecule has 48 heavy (non-hydrogen) atoms. The van der Waals surface area contributed by atoms with Crippen LogP contribution in [0.2, 0.25) is 0 Å². The topological polar surface area (TPSA) is 144 Å². The van der Waals surface area contributed by atoms with Crippen molar-refractivity contribution in [3.63, 3.8) is 0 Å². The van der Waals surface area contributed by atoms with Crippen LogP contribution < -0.4 is 9.80 Å². The molecule has 0 amide bonds. The summed E-state index contributed by atoms with van der Waals surface area (Å²) in [7, 11) is 6.57. The molecule has 0 saturated carbocycles. The Labute approximate surface area is 280 Å². The third-order valence-corrected chi connectivity index (χ3v) is 7.75. The van der Waals surface area contributed by atoms with Crippen molar-refractivity contribution in [3.05, 3.63) is 83.9 Å². The average Bonchev–Trinajstić information content (AvgIpc) is 3.11. The molecule has 4 aromatic rings. The molecule has 0 fully saturated rings. The molecule has 0 aliphatic carbocycles. The monoisotopic (exact) mass is 658 g/mol. The van der Waals surface area contributed by atoms with Crippen LogP contribution in [0, 0.1) is 0 Å². The second-order valence-corrected chi connectivity index (χ2v) is 10.9. The average molecular weight is 659 g/mol. The molecule has 4 rings (SSSR count). The van der Waals surface area contributed by atoms with Crippen LogP contribution in [0.25, 0.3) is 33.6 Å². The quantitative estimate of drug-likeness (QED) is 0.139. The maximum Gasteiger partial charge on any atom is 0.335 e. The van der Waals surface area contributed by atoms with Gasteiger partial charge in [-0.1, -0.05) is 48.5 Å². The molecule has 3 aromatic carbocycles. The van der Waals surface area contributed by atoms with Gasteiger partial charge in [-0.3, -0.25) is 0 Å². The Kier molecular flexibility index (Phi) is 13.4. The van der Waals surface area contributed by atoms with Crippen LogP contribution in [-0.2, 0) is 18.9 Å². The maximum atomic E-state index is 11.6. The van der Waals surface area contributed by atoms with E-state index in [0.29, 0.717) is 81.2 Å². The third kappa shape index (κ3) is 9.14. The van der Waals surface area contributed by atoms with Crippen molar-refractivity contribution in [3.8, 4) is 33.6 Å². The Balaban J connectivity index is 1.94. The molecular formula is C36H42N4O8. The fourth-order valence-electron chi connectivity index (χ4n) is 5.10. The van der Waals surface area contributed by atoms with Crippen molar-refractivity contribution >= 4 is 23.6 Å². The summed E-state index contributed by atoms with van der Waals surface area (Å²) < 4.78 is 21.8. The predicted octanol–water partition coefficient (Wildman–Crippen LogP) is 5.07. The summed E-state index contributed by atoms with van der Waals surface area (Å²) in [4.78, 5) is 37.7. The summed E-state index contributed by atoms with van der Waals surface area (Å²) >= 11 is 0. The number of aromatic nitrogens is 2. The number of nitrogens with zero attached hydrogens (tertiary/aromatic N) is 4. The van der Waals surface area contributed by atoms with Gasteiger partial charge in [-0.15, -0.1) is 0 Å². The number of hydrogen-bond donors (Lipinski definition) is 2. The van der Waals surface area contributed by atoms with Crippen LogP contribution in [0.15, 0.2) is 72.8 Å². The molecule has 0 radical (unpaired) electrons. The number of ether oxygens (including phenoxy) is 4. The molecule has 0 spiro atoms. The Morgan fingerprint density at radius 2 is 0.771 bits per heavy atom. The summed E-state index contributed by atoms with van der Waals surface area (Å²) in [5.74, 6) is -0.784. The van der Waals surface area contributed by atoms with E-state index in [0.717, 1.165) is 16.7 Å². The number of carboxylic acid groups (broad SMARTS) is 2. The van der Waals surface area contributed by atoms with Crippen LogP contribution >= 0.6 is 0 Å². The largest absolute Gasteiger partial charge is 0.478 e. The number of hydrogen-bond acceptors (Lipinski definition) is 10. The van der Waals surface area contributed by atoms with E-state index in [1.807, 2.05) is 24.3 Å². The number of carboxylic acids is 2. The van der Waals surface area contributed by atoms with Crippen LogP contribution in [0.5, 0.6) is 0 Å². The van der Waals surface area contributed by atoms with Crippen LogP contribution in [0.1, 0.15) is 20.7 Å². The van der Waals surface area contributed by atoms with Crippen LogP contribution in [0.4, 0.5) is 11.6 Å². The second-order valence-electron chi connectivity index (χ2n) is 10.9. The first-order valence-corrected chi connectivity index (χ1v) is 15.5. The van der Waals surface area contributed by atoms with Gasteiger partial charge in [0.25, 0.3) is 0 Å². The van der Waals surface area contributed by atoms with E-state index in [4.69, 9.17) is 28.9 Å². The fraction of sp³-hybridized carbons (Fsp3) is 0.333. The summed E-state index contributed by atoms with van der Waals surface area (Å²) in [6.07, 6.45) is 0. The third-order valence-electron chi connectivity index (χ3n) is 7.75. The maximum absolute atomic E-state index is 11.6. The Bertz CT molecular complexity index is 1610. The first kappa shape index (κ1) is 36.0. The SMILES string of the molecule is COCCN(CCOC)c1nc(-c2ccc(-c3ccc(C(=O)O)cc3)cc2)c(N(CCOC)CCOC)nc1-c1ccc(C(=O)O)cc1. The highest BCUT2D eigenvalue weighted by Crippen LogP contribution is 2.37. The van der Waals surface area contributed by atoms with Gasteiger partial charge in [0.2, 0.25) is 0 Å². The minimum atomic E-state index is -1.02. The lowest BCUT2D eigenvalue weighted by atomic mass is 10.0. The lowest BCUT2D eigenvalue weighted by molar-refractivity contribution is 0.0686. The Hall–Kier alpha value is -4.88. The Morgan fingerprint density at radius 3 is 1.06 bits per heavy atom. The number of benzene rings is 3. The van der Waals surface area contributed by atoms with Crippen LogP contribution in [0.3, 0.4) is 0 Å². The van der Waals surface area contributed by atoms with Gasteiger partial charge in [0.15, 0.2) is 11.6 Å². The highest BCUT2D eigenvalue weighted by atomic mass is 16.5. The minimum absolute atomic E-state index is 0.167. The minimum Gasteiger partial charge on any atom is -0.478 e. The zero-order chi connectivity index (χ0) is 34.5. The molecule has 1 aromatic heterocycles. The summed E-state index contributed by atoms with van der Waals surface area (Å²) in [5.41, 5.74) is 4.91. The number of aromatic carboxylic acids is 2. The van der Waals surface area contributed by atoms with Gasteiger partial charge >= 0.3 is 11.9 Å². The van der Waals surface area contributed by atoms with E-state index in [2.05, 4.69) is 9.80 Å². The highest BCUT2D eigenvalue weighted by molar-refractivity contribution is 5.90. The van der Waals surface area contributed by atoms with Gasteiger partial charge in [0.05, 0.1) is 37.6 Å². The van der Waals surface area contributed by atoms with E-state index >= 15 is 0 Å². The van der Waals surface area contributed by atoms with Gasteiger partial charge in [0.1, 0.15) is 11.4 Å². The highest BCUT2D eigenvalue weighted by Gasteiger charge is 2.24. The molecular weight excluding hydrogens is 616 g/mol. The number of anilines is 2. The number of methoxy groups -OCH3 is 4. The zero-order valence-electron chi connectivity index (χ0n) is 27.7. The number of rotatable bonds is 19. The lowest BCUT2D eigenvalue weighted by Crippen LogP contribution is -2.34. The molecule has 0 saturated heterocycles. The molecule has 2 N–H and O–H groups in total. The van der Waals surface area contributed by atoms with E-state index in [-0.39, 0.29) is 11.1 Å². The van der Waals surface area contributed by atoms with E-state index < -0.39 is 11.9 Å². The second kappa shape index (κ2) is 17.9. The molecule has 0 bridgehead atoms. The Morgan fingerprint density at radius 1 is 0.500 bits per heavy atom. The molecule has 12 heteroatoms. The molecule has 0 unspecified atom stereocenters. The van der Waals surface area contributed by atoms with Gasteiger partial charge in [0, 0.05) is 65.7 Å². The van der Waals surface area contributed by atoms with E-state index in [1.165, 1.54) is 0 Å². The zero-order valence-corrected chi connectivity index (χ0v) is 27.7. The normalized spacial score (nSPS) is 11.0. The van der Waals surface area contributed by atoms with Crippen molar-refractivity contribution in [2.24, 2.45) is 0 Å². The van der Waals surface area contributed by atoms with Crippen molar-refractivity contribution in [2.75, 3.05) is 90.8 Å². The lowest BCUT2D eigenvalue weighted by Gasteiger charge is -2.30. The first-order valence-electron chi connectivity index (χ1n) is 15.5. The van der Waals surface area contributed by atoms with Gasteiger partial charge in [-0.2, -0.15) is 0 Å². The molecule has 1 heterocycles. The van der Waals surface area contributed by atoms with Gasteiger partial charge in [-0.05, 0) is 35.4 Å². The first-order chi connectivity index (χ1) is 23.3. The molecule has 12 nitrogen and oxygen atoms in total. The molecule has 0 atom stereocenters.